The summed E-state index contributed by atoms with van der Waals surface area (Å²) in [4.78, 5) is 0.307. The van der Waals surface area contributed by atoms with Crippen LogP contribution < -0.4 is 10.0 Å². The Hall–Kier alpha value is -1.85. The van der Waals surface area contributed by atoms with Crippen LogP contribution in [0.5, 0.6) is 0 Å². The summed E-state index contributed by atoms with van der Waals surface area (Å²) in [5, 5.41) is 2.99. The standard InChI is InChI=1S/C16H20N2O2S/c1-3-13-7-6-9-15(11-13)18-21(19,20)16-10-5-4-8-14(16)12-17-2/h4-11,17-18H,3,12H2,1-2H3. The summed E-state index contributed by atoms with van der Waals surface area (Å²) in [6, 6.07) is 14.5. The Labute approximate surface area is 126 Å². The highest BCUT2D eigenvalue weighted by Crippen LogP contribution is 2.20. The van der Waals surface area contributed by atoms with Crippen LogP contribution in [0.1, 0.15) is 18.1 Å². The van der Waals surface area contributed by atoms with Crippen molar-refractivity contribution in [1.29, 1.82) is 0 Å². The first-order valence-electron chi connectivity index (χ1n) is 6.91. The van der Waals surface area contributed by atoms with Gasteiger partial charge in [-0.15, -0.1) is 0 Å². The van der Waals surface area contributed by atoms with Gasteiger partial charge < -0.3 is 5.32 Å². The molecule has 0 aliphatic heterocycles. The maximum atomic E-state index is 12.6. The molecule has 0 spiro atoms. The lowest BCUT2D eigenvalue weighted by atomic mass is 10.1. The lowest BCUT2D eigenvalue weighted by Crippen LogP contribution is -2.17. The first kappa shape index (κ1) is 15.5. The van der Waals surface area contributed by atoms with Crippen LogP contribution in [0, 0.1) is 0 Å². The van der Waals surface area contributed by atoms with Crippen LogP contribution in [0.25, 0.3) is 0 Å². The molecule has 0 fully saturated rings. The number of hydrogen-bond donors (Lipinski definition) is 2. The van der Waals surface area contributed by atoms with Crippen molar-refractivity contribution in [2.75, 3.05) is 11.8 Å². The molecule has 0 amide bonds. The maximum absolute atomic E-state index is 12.6. The van der Waals surface area contributed by atoms with Gasteiger partial charge >= 0.3 is 0 Å². The molecule has 0 bridgehead atoms. The highest BCUT2D eigenvalue weighted by atomic mass is 32.2. The van der Waals surface area contributed by atoms with E-state index in [0.717, 1.165) is 17.5 Å². The second-order valence-electron chi connectivity index (χ2n) is 4.80. The zero-order valence-corrected chi connectivity index (χ0v) is 13.1. The van der Waals surface area contributed by atoms with Crippen LogP contribution in [-0.2, 0) is 23.0 Å². The van der Waals surface area contributed by atoms with Crippen molar-refractivity contribution >= 4 is 15.7 Å². The lowest BCUT2D eigenvalue weighted by Gasteiger charge is -2.12. The topological polar surface area (TPSA) is 58.2 Å². The Bertz CT molecular complexity index is 712. The molecule has 0 atom stereocenters. The highest BCUT2D eigenvalue weighted by Gasteiger charge is 2.17. The third kappa shape index (κ3) is 3.83. The number of rotatable bonds is 6. The Morgan fingerprint density at radius 3 is 2.52 bits per heavy atom. The summed E-state index contributed by atoms with van der Waals surface area (Å²) in [5.41, 5.74) is 2.44. The van der Waals surface area contributed by atoms with Gasteiger partial charge in [0, 0.05) is 12.2 Å². The summed E-state index contributed by atoms with van der Waals surface area (Å²) in [5.74, 6) is 0. The van der Waals surface area contributed by atoms with Crippen LogP contribution in [0.3, 0.4) is 0 Å². The van der Waals surface area contributed by atoms with Crippen LogP contribution in [0.15, 0.2) is 53.4 Å². The molecule has 2 aromatic rings. The van der Waals surface area contributed by atoms with Crippen molar-refractivity contribution in [3.05, 3.63) is 59.7 Å². The number of hydrogen-bond acceptors (Lipinski definition) is 3. The van der Waals surface area contributed by atoms with Gasteiger partial charge in [-0.3, -0.25) is 4.72 Å². The zero-order valence-electron chi connectivity index (χ0n) is 12.3. The van der Waals surface area contributed by atoms with Gasteiger partial charge in [-0.25, -0.2) is 8.42 Å². The summed E-state index contributed by atoms with van der Waals surface area (Å²) in [6.45, 7) is 2.54. The van der Waals surface area contributed by atoms with Gasteiger partial charge in [0.05, 0.1) is 4.90 Å². The maximum Gasteiger partial charge on any atom is 0.262 e. The number of sulfonamides is 1. The van der Waals surface area contributed by atoms with Crippen molar-refractivity contribution in [3.8, 4) is 0 Å². The fourth-order valence-corrected chi connectivity index (χ4v) is 3.46. The number of nitrogens with one attached hydrogen (secondary N) is 2. The van der Waals surface area contributed by atoms with E-state index >= 15 is 0 Å². The van der Waals surface area contributed by atoms with E-state index in [0.29, 0.717) is 17.1 Å². The van der Waals surface area contributed by atoms with Gasteiger partial charge in [0.25, 0.3) is 10.0 Å². The van der Waals surface area contributed by atoms with Gasteiger partial charge in [-0.1, -0.05) is 37.3 Å². The fourth-order valence-electron chi connectivity index (χ4n) is 2.17. The first-order valence-corrected chi connectivity index (χ1v) is 8.39. The third-order valence-electron chi connectivity index (χ3n) is 3.22. The van der Waals surface area contributed by atoms with Crippen molar-refractivity contribution < 1.29 is 8.42 Å². The number of aryl methyl sites for hydroxylation is 1. The minimum atomic E-state index is -3.58. The summed E-state index contributed by atoms with van der Waals surface area (Å²) >= 11 is 0. The molecular formula is C16H20N2O2S. The van der Waals surface area contributed by atoms with Gasteiger partial charge in [0.2, 0.25) is 0 Å². The van der Waals surface area contributed by atoms with Crippen LogP contribution in [-0.4, -0.2) is 15.5 Å². The fraction of sp³-hybridized carbons (Fsp3) is 0.250. The average Bonchev–Trinajstić information content (AvgIpc) is 2.48. The molecule has 0 saturated carbocycles. The van der Waals surface area contributed by atoms with Gasteiger partial charge in [0.15, 0.2) is 0 Å². The predicted molar refractivity (Wildman–Crippen MR) is 85.8 cm³/mol. The molecule has 2 aromatic carbocycles. The van der Waals surface area contributed by atoms with E-state index in [4.69, 9.17) is 0 Å². The zero-order chi connectivity index (χ0) is 15.3. The average molecular weight is 304 g/mol. The SMILES string of the molecule is CCc1cccc(NS(=O)(=O)c2ccccc2CNC)c1. The second kappa shape index (κ2) is 6.74. The molecular weight excluding hydrogens is 284 g/mol. The summed E-state index contributed by atoms with van der Waals surface area (Å²) < 4.78 is 27.8. The van der Waals surface area contributed by atoms with E-state index < -0.39 is 10.0 Å². The molecule has 0 heterocycles. The molecule has 0 saturated heterocycles. The van der Waals surface area contributed by atoms with Crippen molar-refractivity contribution in [2.45, 2.75) is 24.8 Å². The Kier molecular flexibility index (Phi) is 4.98. The Balaban J connectivity index is 2.34. The second-order valence-corrected chi connectivity index (χ2v) is 6.45. The van der Waals surface area contributed by atoms with Gasteiger partial charge in [-0.05, 0) is 42.8 Å². The Morgan fingerprint density at radius 1 is 1.05 bits per heavy atom. The normalized spacial score (nSPS) is 11.3. The smallest absolute Gasteiger partial charge is 0.262 e. The van der Waals surface area contributed by atoms with Crippen molar-refractivity contribution in [2.24, 2.45) is 0 Å². The lowest BCUT2D eigenvalue weighted by molar-refractivity contribution is 0.599. The molecule has 4 nitrogen and oxygen atoms in total. The van der Waals surface area contributed by atoms with E-state index in [1.165, 1.54) is 0 Å². The minimum absolute atomic E-state index is 0.307. The monoisotopic (exact) mass is 304 g/mol. The molecule has 0 aliphatic rings. The summed E-state index contributed by atoms with van der Waals surface area (Å²) in [6.07, 6.45) is 0.867. The van der Waals surface area contributed by atoms with Crippen LogP contribution in [0.4, 0.5) is 5.69 Å². The number of anilines is 1. The summed E-state index contributed by atoms with van der Waals surface area (Å²) in [7, 11) is -1.79. The highest BCUT2D eigenvalue weighted by molar-refractivity contribution is 7.92. The van der Waals surface area contributed by atoms with E-state index in [-0.39, 0.29) is 0 Å². The quantitative estimate of drug-likeness (QED) is 0.863. The van der Waals surface area contributed by atoms with E-state index in [1.807, 2.05) is 37.3 Å². The van der Waals surface area contributed by atoms with Crippen molar-refractivity contribution in [1.82, 2.24) is 5.32 Å². The van der Waals surface area contributed by atoms with E-state index in [2.05, 4.69) is 10.0 Å². The molecule has 21 heavy (non-hydrogen) atoms. The van der Waals surface area contributed by atoms with Crippen LogP contribution in [0.2, 0.25) is 0 Å². The number of benzene rings is 2. The Morgan fingerprint density at radius 2 is 1.81 bits per heavy atom. The molecule has 112 valence electrons. The van der Waals surface area contributed by atoms with E-state index in [1.54, 1.807) is 25.2 Å². The molecule has 2 rings (SSSR count). The third-order valence-corrected chi connectivity index (χ3v) is 4.70. The molecule has 0 radical (unpaired) electrons. The molecule has 5 heteroatoms. The molecule has 0 unspecified atom stereocenters. The minimum Gasteiger partial charge on any atom is -0.316 e. The molecule has 2 N–H and O–H groups in total. The largest absolute Gasteiger partial charge is 0.316 e. The van der Waals surface area contributed by atoms with Crippen molar-refractivity contribution in [3.63, 3.8) is 0 Å². The van der Waals surface area contributed by atoms with Crippen LogP contribution >= 0.6 is 0 Å². The molecule has 0 aromatic heterocycles. The van der Waals surface area contributed by atoms with Gasteiger partial charge in [0.1, 0.15) is 0 Å². The van der Waals surface area contributed by atoms with E-state index in [9.17, 15) is 8.42 Å². The van der Waals surface area contributed by atoms with Gasteiger partial charge in [-0.2, -0.15) is 0 Å². The molecule has 0 aliphatic carbocycles. The predicted octanol–water partition coefficient (Wildman–Crippen LogP) is 2.77. The first-order chi connectivity index (χ1) is 10.1.